The van der Waals surface area contributed by atoms with E-state index in [4.69, 9.17) is 4.74 Å². The summed E-state index contributed by atoms with van der Waals surface area (Å²) >= 11 is 0. The second kappa shape index (κ2) is 6.71. The van der Waals surface area contributed by atoms with Crippen molar-refractivity contribution in [1.29, 1.82) is 0 Å². The highest BCUT2D eigenvalue weighted by atomic mass is 19.1. The maximum absolute atomic E-state index is 12.9. The number of nitrogens with one attached hydrogen (secondary N) is 1. The van der Waals surface area contributed by atoms with Crippen LogP contribution >= 0.6 is 0 Å². The molecule has 0 aliphatic carbocycles. The largest absolute Gasteiger partial charge is 0.376 e. The van der Waals surface area contributed by atoms with E-state index >= 15 is 0 Å². The first-order valence-corrected chi connectivity index (χ1v) is 6.62. The van der Waals surface area contributed by atoms with Crippen molar-refractivity contribution in [3.8, 4) is 0 Å². The van der Waals surface area contributed by atoms with E-state index in [2.05, 4.69) is 17.1 Å². The zero-order valence-electron chi connectivity index (χ0n) is 10.9. The number of hydrogen-bond donors (Lipinski definition) is 1. The van der Waals surface area contributed by atoms with Crippen molar-refractivity contribution in [3.05, 3.63) is 30.1 Å². The van der Waals surface area contributed by atoms with Gasteiger partial charge >= 0.3 is 0 Å². The second-order valence-corrected chi connectivity index (χ2v) is 4.54. The van der Waals surface area contributed by atoms with E-state index in [0.29, 0.717) is 6.10 Å². The molecule has 4 heteroatoms. The smallest absolute Gasteiger partial charge is 0.123 e. The van der Waals surface area contributed by atoms with Crippen LogP contribution in [0.4, 0.5) is 10.1 Å². The maximum atomic E-state index is 12.9. The Morgan fingerprint density at radius 2 is 2.17 bits per heavy atom. The molecular weight excluding hydrogens is 231 g/mol. The molecule has 2 rings (SSSR count). The Balaban J connectivity index is 1.86. The molecule has 100 valence electrons. The van der Waals surface area contributed by atoms with Crippen LogP contribution in [0.15, 0.2) is 24.3 Å². The number of anilines is 1. The van der Waals surface area contributed by atoms with E-state index in [9.17, 15) is 4.39 Å². The molecule has 0 radical (unpaired) electrons. The van der Waals surface area contributed by atoms with Gasteiger partial charge in [-0.15, -0.1) is 0 Å². The van der Waals surface area contributed by atoms with Crippen LogP contribution in [0, 0.1) is 5.82 Å². The quantitative estimate of drug-likeness (QED) is 0.868. The molecule has 1 N–H and O–H groups in total. The summed E-state index contributed by atoms with van der Waals surface area (Å²) in [6, 6.07) is 6.69. The van der Waals surface area contributed by atoms with Gasteiger partial charge in [-0.25, -0.2) is 4.39 Å². The van der Waals surface area contributed by atoms with Crippen LogP contribution in [0.3, 0.4) is 0 Å². The lowest BCUT2D eigenvalue weighted by molar-refractivity contribution is 0.0249. The predicted octanol–water partition coefficient (Wildman–Crippen LogP) is 2.03. The van der Waals surface area contributed by atoms with E-state index in [1.807, 2.05) is 12.1 Å². The van der Waals surface area contributed by atoms with E-state index in [1.54, 1.807) is 0 Å². The molecule has 1 heterocycles. The van der Waals surface area contributed by atoms with Gasteiger partial charge in [0.25, 0.3) is 0 Å². The summed E-state index contributed by atoms with van der Waals surface area (Å²) in [5, 5.41) is 3.33. The molecule has 1 atom stereocenters. The lowest BCUT2D eigenvalue weighted by atomic mass is 10.2. The molecular formula is C14H21FN2O. The Labute approximate surface area is 108 Å². The van der Waals surface area contributed by atoms with Gasteiger partial charge in [0.1, 0.15) is 5.82 Å². The minimum atomic E-state index is -0.186. The van der Waals surface area contributed by atoms with E-state index in [0.717, 1.165) is 44.9 Å². The Kier molecular flexibility index (Phi) is 4.96. The molecule has 1 aromatic carbocycles. The maximum Gasteiger partial charge on any atom is 0.123 e. The number of morpholine rings is 1. The number of nitrogens with zero attached hydrogens (tertiary/aromatic N) is 1. The van der Waals surface area contributed by atoms with Crippen molar-refractivity contribution in [1.82, 2.24) is 5.32 Å². The van der Waals surface area contributed by atoms with Crippen LogP contribution < -0.4 is 10.2 Å². The van der Waals surface area contributed by atoms with Crippen molar-refractivity contribution < 1.29 is 9.13 Å². The lowest BCUT2D eigenvalue weighted by Crippen LogP contribution is -2.40. The van der Waals surface area contributed by atoms with Crippen LogP contribution in [-0.4, -0.2) is 38.9 Å². The Morgan fingerprint density at radius 1 is 1.39 bits per heavy atom. The fraction of sp³-hybridized carbons (Fsp3) is 0.571. The molecule has 0 amide bonds. The molecule has 1 unspecified atom stereocenters. The summed E-state index contributed by atoms with van der Waals surface area (Å²) in [4.78, 5) is 2.25. The second-order valence-electron chi connectivity index (χ2n) is 4.54. The molecule has 18 heavy (non-hydrogen) atoms. The molecule has 1 aromatic rings. The van der Waals surface area contributed by atoms with Gasteiger partial charge in [0.2, 0.25) is 0 Å². The van der Waals surface area contributed by atoms with E-state index < -0.39 is 0 Å². The fourth-order valence-electron chi connectivity index (χ4n) is 2.23. The molecule has 0 bridgehead atoms. The molecule has 3 nitrogen and oxygen atoms in total. The Morgan fingerprint density at radius 3 is 2.78 bits per heavy atom. The molecule has 0 saturated carbocycles. The summed E-state index contributed by atoms with van der Waals surface area (Å²) in [7, 11) is 0. The van der Waals surface area contributed by atoms with Crippen LogP contribution in [0.25, 0.3) is 0 Å². The average molecular weight is 252 g/mol. The first-order valence-electron chi connectivity index (χ1n) is 6.62. The van der Waals surface area contributed by atoms with Gasteiger partial charge in [0, 0.05) is 31.9 Å². The zero-order chi connectivity index (χ0) is 12.8. The molecule has 1 fully saturated rings. The van der Waals surface area contributed by atoms with Gasteiger partial charge in [-0.3, -0.25) is 0 Å². The number of benzene rings is 1. The van der Waals surface area contributed by atoms with Crippen molar-refractivity contribution in [3.63, 3.8) is 0 Å². The first-order chi connectivity index (χ1) is 8.79. The highest BCUT2D eigenvalue weighted by Gasteiger charge is 2.14. The van der Waals surface area contributed by atoms with Crippen LogP contribution in [0.5, 0.6) is 0 Å². The standard InChI is InChI=1S/C14H21FN2O/c1-2-17(13-5-3-12(15)4-6-13)9-7-14-11-16-8-10-18-14/h3-6,14,16H,2,7-11H2,1H3. The third-order valence-corrected chi connectivity index (χ3v) is 3.30. The monoisotopic (exact) mass is 252 g/mol. The van der Waals surface area contributed by atoms with Gasteiger partial charge in [0.15, 0.2) is 0 Å². The number of rotatable bonds is 5. The van der Waals surface area contributed by atoms with Gasteiger partial charge in [-0.1, -0.05) is 0 Å². The van der Waals surface area contributed by atoms with Crippen LogP contribution in [0.1, 0.15) is 13.3 Å². The van der Waals surface area contributed by atoms with Crippen LogP contribution in [-0.2, 0) is 4.74 Å². The molecule has 0 aromatic heterocycles. The van der Waals surface area contributed by atoms with Crippen LogP contribution in [0.2, 0.25) is 0 Å². The highest BCUT2D eigenvalue weighted by Crippen LogP contribution is 2.16. The SMILES string of the molecule is CCN(CCC1CNCCO1)c1ccc(F)cc1. The number of hydrogen-bond acceptors (Lipinski definition) is 3. The van der Waals surface area contributed by atoms with Gasteiger partial charge in [0.05, 0.1) is 12.7 Å². The average Bonchev–Trinajstić information content (AvgIpc) is 2.42. The molecule has 1 aliphatic rings. The summed E-state index contributed by atoms with van der Waals surface area (Å²) < 4.78 is 18.6. The minimum Gasteiger partial charge on any atom is -0.376 e. The summed E-state index contributed by atoms with van der Waals surface area (Å²) in [6.45, 7) is 6.66. The normalized spacial score (nSPS) is 19.8. The third kappa shape index (κ3) is 3.68. The zero-order valence-corrected chi connectivity index (χ0v) is 10.9. The predicted molar refractivity (Wildman–Crippen MR) is 71.5 cm³/mol. The van der Waals surface area contributed by atoms with E-state index in [1.165, 1.54) is 12.1 Å². The first kappa shape index (κ1) is 13.3. The van der Waals surface area contributed by atoms with Gasteiger partial charge < -0.3 is 15.0 Å². The van der Waals surface area contributed by atoms with Gasteiger partial charge in [-0.2, -0.15) is 0 Å². The Bertz CT molecular complexity index is 349. The minimum absolute atomic E-state index is 0.186. The van der Waals surface area contributed by atoms with Gasteiger partial charge in [-0.05, 0) is 37.6 Å². The molecule has 1 saturated heterocycles. The van der Waals surface area contributed by atoms with Crippen molar-refractivity contribution >= 4 is 5.69 Å². The van der Waals surface area contributed by atoms with Crippen molar-refractivity contribution in [2.45, 2.75) is 19.4 Å². The number of ether oxygens (including phenoxy) is 1. The summed E-state index contributed by atoms with van der Waals surface area (Å²) in [6.07, 6.45) is 1.30. The highest BCUT2D eigenvalue weighted by molar-refractivity contribution is 5.45. The summed E-state index contributed by atoms with van der Waals surface area (Å²) in [5.74, 6) is -0.186. The van der Waals surface area contributed by atoms with Crippen molar-refractivity contribution in [2.24, 2.45) is 0 Å². The van der Waals surface area contributed by atoms with E-state index in [-0.39, 0.29) is 5.82 Å². The third-order valence-electron chi connectivity index (χ3n) is 3.30. The van der Waals surface area contributed by atoms with Crippen molar-refractivity contribution in [2.75, 3.05) is 37.7 Å². The Hall–Kier alpha value is -1.13. The number of halogens is 1. The molecule has 1 aliphatic heterocycles. The lowest BCUT2D eigenvalue weighted by Gasteiger charge is -2.28. The topological polar surface area (TPSA) is 24.5 Å². The fourth-order valence-corrected chi connectivity index (χ4v) is 2.23. The molecule has 0 spiro atoms. The summed E-state index contributed by atoms with van der Waals surface area (Å²) in [5.41, 5.74) is 1.07.